The Morgan fingerprint density at radius 3 is 2.93 bits per heavy atom. The van der Waals surface area contributed by atoms with Crippen LogP contribution in [0.3, 0.4) is 0 Å². The minimum absolute atomic E-state index is 0.00649. The molecule has 1 N–H and O–H groups in total. The molecule has 0 amide bonds. The molecule has 1 aliphatic heterocycles. The van der Waals surface area contributed by atoms with E-state index in [1.165, 1.54) is 11.8 Å². The summed E-state index contributed by atoms with van der Waals surface area (Å²) < 4.78 is 29.4. The third kappa shape index (κ3) is 4.95. The maximum absolute atomic E-state index is 11.2. The highest BCUT2D eigenvalue weighted by atomic mass is 32.2. The molecule has 1 unspecified atom stereocenters. The molecule has 29 heavy (non-hydrogen) atoms. The molecule has 3 heterocycles. The van der Waals surface area contributed by atoms with E-state index >= 15 is 0 Å². The third-order valence-electron chi connectivity index (χ3n) is 4.26. The van der Waals surface area contributed by atoms with Gasteiger partial charge < -0.3 is 9.29 Å². The van der Waals surface area contributed by atoms with Crippen LogP contribution in [0.4, 0.5) is 5.69 Å². The Kier molecular flexibility index (Phi) is 5.86. The zero-order valence-electron chi connectivity index (χ0n) is 15.9. The minimum Gasteiger partial charge on any atom is -0.351 e. The molecule has 0 fully saturated rings. The normalized spacial score (nSPS) is 16.9. The number of para-hydroxylation sites is 1. The van der Waals surface area contributed by atoms with Crippen LogP contribution in [0, 0.1) is 0 Å². The molecule has 3 aromatic rings. The Morgan fingerprint density at radius 2 is 2.17 bits per heavy atom. The Labute approximate surface area is 178 Å². The molecule has 1 aliphatic rings. The summed E-state index contributed by atoms with van der Waals surface area (Å²) in [6.07, 6.45) is 2.84. The van der Waals surface area contributed by atoms with Gasteiger partial charge in [0.25, 0.3) is 10.1 Å². The molecule has 7 nitrogen and oxygen atoms in total. The SMILES string of the molecule is CN(Sc1ccccn1)c1cccc2cc(C3=NCC(COS(C)(=O)=O)S3)[nH]c12. The standard InChI is InChI=1S/C19H20N4O3S3/c1-23(28-17-8-3-4-9-20-17)16-7-5-6-13-10-15(22-18(13)16)19-21-11-14(27-19)12-26-29(2,24)25/h3-10,14,22H,11-12H2,1-2H3. The molecule has 0 saturated carbocycles. The second-order valence-corrected chi connectivity index (χ2v) is 10.6. The Morgan fingerprint density at radius 1 is 1.31 bits per heavy atom. The number of aromatic nitrogens is 2. The van der Waals surface area contributed by atoms with Crippen molar-refractivity contribution in [2.24, 2.45) is 4.99 Å². The van der Waals surface area contributed by atoms with E-state index < -0.39 is 10.1 Å². The van der Waals surface area contributed by atoms with Crippen molar-refractivity contribution in [1.82, 2.24) is 9.97 Å². The van der Waals surface area contributed by atoms with Crippen molar-refractivity contribution in [3.8, 4) is 0 Å². The molecule has 1 aromatic carbocycles. The number of nitrogens with one attached hydrogen (secondary N) is 1. The predicted octanol–water partition coefficient (Wildman–Crippen LogP) is 3.54. The number of thioether (sulfide) groups is 1. The molecule has 4 rings (SSSR count). The highest BCUT2D eigenvalue weighted by molar-refractivity contribution is 8.15. The molecule has 0 aliphatic carbocycles. The van der Waals surface area contributed by atoms with Crippen LogP contribution < -0.4 is 4.31 Å². The van der Waals surface area contributed by atoms with E-state index in [1.807, 2.05) is 31.3 Å². The summed E-state index contributed by atoms with van der Waals surface area (Å²) in [7, 11) is -1.43. The van der Waals surface area contributed by atoms with Gasteiger partial charge in [-0.05, 0) is 24.3 Å². The van der Waals surface area contributed by atoms with E-state index in [1.54, 1.807) is 18.1 Å². The fourth-order valence-electron chi connectivity index (χ4n) is 2.96. The average Bonchev–Trinajstić information content (AvgIpc) is 3.33. The molecule has 10 heteroatoms. The molecule has 0 radical (unpaired) electrons. The number of H-pyrrole nitrogens is 1. The van der Waals surface area contributed by atoms with Gasteiger partial charge in [0.15, 0.2) is 0 Å². The summed E-state index contributed by atoms with van der Waals surface area (Å²) in [5, 5.41) is 2.87. The van der Waals surface area contributed by atoms with E-state index in [0.29, 0.717) is 6.54 Å². The van der Waals surface area contributed by atoms with Gasteiger partial charge in [-0.3, -0.25) is 9.18 Å². The monoisotopic (exact) mass is 448 g/mol. The molecule has 0 spiro atoms. The molecule has 1 atom stereocenters. The average molecular weight is 449 g/mol. The van der Waals surface area contributed by atoms with Gasteiger partial charge >= 0.3 is 0 Å². The molecule has 2 aromatic heterocycles. The Hall–Kier alpha value is -2.01. The highest BCUT2D eigenvalue weighted by Crippen LogP contribution is 2.34. The van der Waals surface area contributed by atoms with Gasteiger partial charge in [0, 0.05) is 30.6 Å². The quantitative estimate of drug-likeness (QED) is 0.437. The largest absolute Gasteiger partial charge is 0.351 e. The van der Waals surface area contributed by atoms with Crippen LogP contribution in [0.25, 0.3) is 10.9 Å². The number of pyridine rings is 1. The van der Waals surface area contributed by atoms with Crippen LogP contribution in [0.1, 0.15) is 5.69 Å². The Bertz CT molecular complexity index is 1150. The molecular formula is C19H20N4O3S3. The van der Waals surface area contributed by atoms with Gasteiger partial charge in [0.05, 0.1) is 41.6 Å². The summed E-state index contributed by atoms with van der Waals surface area (Å²) >= 11 is 3.09. The topological polar surface area (TPSA) is 87.7 Å². The van der Waals surface area contributed by atoms with Crippen LogP contribution in [0.5, 0.6) is 0 Å². The van der Waals surface area contributed by atoms with Gasteiger partial charge in [-0.2, -0.15) is 8.42 Å². The van der Waals surface area contributed by atoms with Crippen LogP contribution in [0.15, 0.2) is 58.7 Å². The number of fused-ring (bicyclic) bond motifs is 1. The van der Waals surface area contributed by atoms with Crippen LogP contribution in [-0.4, -0.2) is 55.1 Å². The van der Waals surface area contributed by atoms with Crippen molar-refractivity contribution in [3.05, 3.63) is 54.4 Å². The highest BCUT2D eigenvalue weighted by Gasteiger charge is 2.24. The zero-order valence-corrected chi connectivity index (χ0v) is 18.4. The maximum Gasteiger partial charge on any atom is 0.264 e. The van der Waals surface area contributed by atoms with Crippen molar-refractivity contribution in [2.75, 3.05) is 30.8 Å². The lowest BCUT2D eigenvalue weighted by Gasteiger charge is -2.18. The van der Waals surface area contributed by atoms with Crippen LogP contribution >= 0.6 is 23.7 Å². The first-order chi connectivity index (χ1) is 13.9. The number of hydrogen-bond donors (Lipinski definition) is 1. The number of aromatic amines is 1. The Balaban J connectivity index is 1.52. The van der Waals surface area contributed by atoms with E-state index in [9.17, 15) is 8.42 Å². The molecule has 0 saturated heterocycles. The van der Waals surface area contributed by atoms with Gasteiger partial charge in [-0.15, -0.1) is 0 Å². The van der Waals surface area contributed by atoms with Gasteiger partial charge in [0.2, 0.25) is 0 Å². The van der Waals surface area contributed by atoms with Crippen molar-refractivity contribution in [3.63, 3.8) is 0 Å². The molecule has 152 valence electrons. The van der Waals surface area contributed by atoms with Crippen molar-refractivity contribution < 1.29 is 12.6 Å². The van der Waals surface area contributed by atoms with E-state index in [2.05, 4.69) is 37.5 Å². The van der Waals surface area contributed by atoms with Gasteiger partial charge in [0.1, 0.15) is 10.1 Å². The zero-order chi connectivity index (χ0) is 20.4. The predicted molar refractivity (Wildman–Crippen MR) is 120 cm³/mol. The fourth-order valence-corrected chi connectivity index (χ4v) is 5.22. The summed E-state index contributed by atoms with van der Waals surface area (Å²) in [6, 6.07) is 14.1. The summed E-state index contributed by atoms with van der Waals surface area (Å²) in [5.41, 5.74) is 2.99. The second kappa shape index (κ2) is 8.39. The summed E-state index contributed by atoms with van der Waals surface area (Å²) in [5.74, 6) is 0. The van der Waals surface area contributed by atoms with E-state index in [4.69, 9.17) is 4.18 Å². The number of nitrogens with zero attached hydrogens (tertiary/aromatic N) is 3. The first-order valence-electron chi connectivity index (χ1n) is 8.89. The smallest absolute Gasteiger partial charge is 0.264 e. The van der Waals surface area contributed by atoms with Gasteiger partial charge in [-0.25, -0.2) is 4.98 Å². The number of benzene rings is 1. The number of hydrogen-bond acceptors (Lipinski definition) is 8. The lowest BCUT2D eigenvalue weighted by atomic mass is 10.2. The number of anilines is 1. The third-order valence-corrected chi connectivity index (χ3v) is 6.91. The molecule has 0 bridgehead atoms. The van der Waals surface area contributed by atoms with Crippen molar-refractivity contribution in [1.29, 1.82) is 0 Å². The lowest BCUT2D eigenvalue weighted by Crippen LogP contribution is -2.16. The summed E-state index contributed by atoms with van der Waals surface area (Å²) in [4.78, 5) is 12.4. The van der Waals surface area contributed by atoms with E-state index in [-0.39, 0.29) is 11.9 Å². The first kappa shape index (κ1) is 20.3. The summed E-state index contributed by atoms with van der Waals surface area (Å²) in [6.45, 7) is 0.665. The fraction of sp³-hybridized carbons (Fsp3) is 0.263. The first-order valence-corrected chi connectivity index (χ1v) is 12.4. The van der Waals surface area contributed by atoms with Crippen molar-refractivity contribution in [2.45, 2.75) is 10.3 Å². The van der Waals surface area contributed by atoms with Crippen LogP contribution in [0.2, 0.25) is 0 Å². The number of rotatable bonds is 7. The molecular weight excluding hydrogens is 428 g/mol. The van der Waals surface area contributed by atoms with Crippen molar-refractivity contribution >= 4 is 55.5 Å². The number of aliphatic imine (C=N–C) groups is 1. The maximum atomic E-state index is 11.2. The van der Waals surface area contributed by atoms with Gasteiger partial charge in [-0.1, -0.05) is 30.0 Å². The lowest BCUT2D eigenvalue weighted by molar-refractivity contribution is 0.324. The minimum atomic E-state index is -3.44. The second-order valence-electron chi connectivity index (χ2n) is 6.56. The van der Waals surface area contributed by atoms with E-state index in [0.717, 1.165) is 38.6 Å². The van der Waals surface area contributed by atoms with Crippen LogP contribution in [-0.2, 0) is 14.3 Å².